The molecule has 0 spiro atoms. The average Bonchev–Trinajstić information content (AvgIpc) is 3.07. The van der Waals surface area contributed by atoms with E-state index in [9.17, 15) is 4.79 Å². The van der Waals surface area contributed by atoms with Gasteiger partial charge in [-0.3, -0.25) is 9.78 Å². The Hall–Kier alpha value is -2.73. The first-order valence-corrected chi connectivity index (χ1v) is 7.54. The lowest BCUT2D eigenvalue weighted by Crippen LogP contribution is -2.22. The Bertz CT molecular complexity index is 728. The van der Waals surface area contributed by atoms with Gasteiger partial charge >= 0.3 is 0 Å². The summed E-state index contributed by atoms with van der Waals surface area (Å²) in [5, 5.41) is 5.27. The molecule has 3 rings (SSSR count). The fourth-order valence-corrected chi connectivity index (χ4v) is 2.33. The largest absolute Gasteiger partial charge is 0.431 e. The number of carbonyl (C=O) groups excluding carboxylic acids is 1. The number of carbonyl (C=O) groups is 1. The normalized spacial score (nSPS) is 10.2. The summed E-state index contributed by atoms with van der Waals surface area (Å²) in [5.74, 6) is 0.517. The van der Waals surface area contributed by atoms with Crippen LogP contribution in [0.25, 0.3) is 0 Å². The molecule has 5 nitrogen and oxygen atoms in total. The standard InChI is InChI=1S/C16H13N3O2S/c20-15(19-11-12-2-1-7-17-10-12)13-3-5-14(6-4-13)21-16-18-8-9-22-16/h1-10H,11H2,(H,19,20). The minimum Gasteiger partial charge on any atom is -0.431 e. The first-order valence-electron chi connectivity index (χ1n) is 6.66. The van der Waals surface area contributed by atoms with E-state index in [2.05, 4.69) is 15.3 Å². The molecule has 0 atom stereocenters. The van der Waals surface area contributed by atoms with Gasteiger partial charge in [0.15, 0.2) is 0 Å². The molecule has 3 aromatic rings. The van der Waals surface area contributed by atoms with Gasteiger partial charge in [0.1, 0.15) is 5.75 Å². The van der Waals surface area contributed by atoms with E-state index in [0.717, 1.165) is 5.56 Å². The summed E-state index contributed by atoms with van der Waals surface area (Å²) in [4.78, 5) is 20.1. The summed E-state index contributed by atoms with van der Waals surface area (Å²) in [7, 11) is 0. The number of nitrogens with one attached hydrogen (secondary N) is 1. The quantitative estimate of drug-likeness (QED) is 0.785. The molecule has 0 aliphatic carbocycles. The Morgan fingerprint density at radius 3 is 2.73 bits per heavy atom. The molecular formula is C16H13N3O2S. The van der Waals surface area contributed by atoms with Gasteiger partial charge in [0.25, 0.3) is 11.1 Å². The van der Waals surface area contributed by atoms with Crippen molar-refractivity contribution in [2.75, 3.05) is 0 Å². The first-order chi connectivity index (χ1) is 10.8. The number of rotatable bonds is 5. The molecule has 0 aliphatic heterocycles. The summed E-state index contributed by atoms with van der Waals surface area (Å²) >= 11 is 1.42. The minimum atomic E-state index is -0.135. The van der Waals surface area contributed by atoms with Crippen molar-refractivity contribution in [3.05, 3.63) is 71.5 Å². The summed E-state index contributed by atoms with van der Waals surface area (Å²) < 4.78 is 5.55. The van der Waals surface area contributed by atoms with Gasteiger partial charge in [-0.05, 0) is 35.9 Å². The van der Waals surface area contributed by atoms with Crippen molar-refractivity contribution < 1.29 is 9.53 Å². The monoisotopic (exact) mass is 311 g/mol. The molecule has 0 bridgehead atoms. The fraction of sp³-hybridized carbons (Fsp3) is 0.0625. The number of thiazole rings is 1. The molecule has 6 heteroatoms. The molecule has 0 fully saturated rings. The van der Waals surface area contributed by atoms with Crippen molar-refractivity contribution >= 4 is 17.2 Å². The van der Waals surface area contributed by atoms with Crippen LogP contribution in [0.1, 0.15) is 15.9 Å². The van der Waals surface area contributed by atoms with Gasteiger partial charge < -0.3 is 10.1 Å². The predicted molar refractivity (Wildman–Crippen MR) is 84.0 cm³/mol. The number of hydrogen-bond acceptors (Lipinski definition) is 5. The van der Waals surface area contributed by atoms with Crippen LogP contribution in [0.5, 0.6) is 10.9 Å². The van der Waals surface area contributed by atoms with Crippen LogP contribution in [0.15, 0.2) is 60.4 Å². The maximum absolute atomic E-state index is 12.1. The lowest BCUT2D eigenvalue weighted by atomic mass is 10.2. The van der Waals surface area contributed by atoms with Crippen molar-refractivity contribution in [3.63, 3.8) is 0 Å². The van der Waals surface area contributed by atoms with Gasteiger partial charge in [0.05, 0.1) is 0 Å². The van der Waals surface area contributed by atoms with E-state index in [4.69, 9.17) is 4.74 Å². The zero-order chi connectivity index (χ0) is 15.2. The third-order valence-electron chi connectivity index (χ3n) is 2.91. The number of hydrogen-bond donors (Lipinski definition) is 1. The maximum Gasteiger partial charge on any atom is 0.278 e. The molecule has 0 aliphatic rings. The Labute approximate surface area is 131 Å². The highest BCUT2D eigenvalue weighted by molar-refractivity contribution is 7.11. The van der Waals surface area contributed by atoms with Gasteiger partial charge in [-0.2, -0.15) is 0 Å². The highest BCUT2D eigenvalue weighted by Gasteiger charge is 2.06. The van der Waals surface area contributed by atoms with Crippen LogP contribution in [-0.4, -0.2) is 15.9 Å². The van der Waals surface area contributed by atoms with Crippen molar-refractivity contribution in [3.8, 4) is 10.9 Å². The van der Waals surface area contributed by atoms with E-state index in [1.54, 1.807) is 42.9 Å². The van der Waals surface area contributed by atoms with Crippen LogP contribution >= 0.6 is 11.3 Å². The van der Waals surface area contributed by atoms with E-state index < -0.39 is 0 Å². The molecule has 2 heterocycles. The van der Waals surface area contributed by atoms with Crippen molar-refractivity contribution in [1.29, 1.82) is 0 Å². The average molecular weight is 311 g/mol. The first kappa shape index (κ1) is 14.2. The number of amides is 1. The zero-order valence-corrected chi connectivity index (χ0v) is 12.4. The number of pyridine rings is 1. The second kappa shape index (κ2) is 6.82. The van der Waals surface area contributed by atoms with E-state index in [0.29, 0.717) is 23.1 Å². The van der Waals surface area contributed by atoms with Crippen LogP contribution in [0, 0.1) is 0 Å². The highest BCUT2D eigenvalue weighted by Crippen LogP contribution is 2.23. The maximum atomic E-state index is 12.1. The molecule has 0 radical (unpaired) electrons. The molecule has 110 valence electrons. The van der Waals surface area contributed by atoms with Crippen molar-refractivity contribution in [1.82, 2.24) is 15.3 Å². The zero-order valence-electron chi connectivity index (χ0n) is 11.6. The number of nitrogens with zero attached hydrogens (tertiary/aromatic N) is 2. The van der Waals surface area contributed by atoms with Crippen molar-refractivity contribution in [2.45, 2.75) is 6.54 Å². The van der Waals surface area contributed by atoms with Gasteiger partial charge in [0.2, 0.25) is 0 Å². The molecule has 0 saturated heterocycles. The summed E-state index contributed by atoms with van der Waals surface area (Å²) in [6.45, 7) is 0.448. The molecule has 2 aromatic heterocycles. The Morgan fingerprint density at radius 2 is 2.05 bits per heavy atom. The summed E-state index contributed by atoms with van der Waals surface area (Å²) in [6, 6.07) is 10.7. The summed E-state index contributed by atoms with van der Waals surface area (Å²) in [5.41, 5.74) is 1.54. The molecular weight excluding hydrogens is 298 g/mol. The number of ether oxygens (including phenoxy) is 1. The van der Waals surface area contributed by atoms with E-state index >= 15 is 0 Å². The Balaban J connectivity index is 1.59. The number of aromatic nitrogens is 2. The van der Waals surface area contributed by atoms with E-state index in [-0.39, 0.29) is 5.91 Å². The van der Waals surface area contributed by atoms with E-state index in [1.807, 2.05) is 17.5 Å². The van der Waals surface area contributed by atoms with Crippen LogP contribution < -0.4 is 10.1 Å². The van der Waals surface area contributed by atoms with Crippen LogP contribution in [0.2, 0.25) is 0 Å². The fourth-order valence-electron chi connectivity index (χ4n) is 1.82. The van der Waals surface area contributed by atoms with Gasteiger partial charge in [-0.15, -0.1) is 0 Å². The number of benzene rings is 1. The predicted octanol–water partition coefficient (Wildman–Crippen LogP) is 3.26. The van der Waals surface area contributed by atoms with Crippen molar-refractivity contribution in [2.24, 2.45) is 0 Å². The Kier molecular flexibility index (Phi) is 4.41. The van der Waals surface area contributed by atoms with E-state index in [1.165, 1.54) is 11.3 Å². The topological polar surface area (TPSA) is 64.1 Å². The molecule has 0 unspecified atom stereocenters. The van der Waals surface area contributed by atoms with Gasteiger partial charge in [-0.1, -0.05) is 17.4 Å². The van der Waals surface area contributed by atoms with Crippen LogP contribution in [-0.2, 0) is 6.54 Å². The molecule has 0 saturated carbocycles. The summed E-state index contributed by atoms with van der Waals surface area (Å²) in [6.07, 6.45) is 5.11. The lowest BCUT2D eigenvalue weighted by molar-refractivity contribution is 0.0951. The molecule has 1 amide bonds. The molecule has 22 heavy (non-hydrogen) atoms. The second-order valence-corrected chi connectivity index (χ2v) is 5.33. The van der Waals surface area contributed by atoms with Crippen LogP contribution in [0.4, 0.5) is 0 Å². The third-order valence-corrected chi connectivity index (χ3v) is 3.56. The highest BCUT2D eigenvalue weighted by atomic mass is 32.1. The smallest absolute Gasteiger partial charge is 0.278 e. The molecule has 1 aromatic carbocycles. The van der Waals surface area contributed by atoms with Gasteiger partial charge in [0, 0.05) is 36.1 Å². The Morgan fingerprint density at radius 1 is 1.18 bits per heavy atom. The molecule has 1 N–H and O–H groups in total. The SMILES string of the molecule is O=C(NCc1cccnc1)c1ccc(Oc2nccs2)cc1. The lowest BCUT2D eigenvalue weighted by Gasteiger charge is -2.06. The third kappa shape index (κ3) is 3.67. The second-order valence-electron chi connectivity index (χ2n) is 4.47. The van der Waals surface area contributed by atoms with Gasteiger partial charge in [-0.25, -0.2) is 4.98 Å². The minimum absolute atomic E-state index is 0.135. The van der Waals surface area contributed by atoms with Crippen LogP contribution in [0.3, 0.4) is 0 Å².